The van der Waals surface area contributed by atoms with Gasteiger partial charge in [-0.15, -0.1) is 0 Å². The third-order valence-corrected chi connectivity index (χ3v) is 3.48. The van der Waals surface area contributed by atoms with Gasteiger partial charge in [-0.3, -0.25) is 0 Å². The largest absolute Gasteiger partial charge is 0.0844 e. The zero-order valence-corrected chi connectivity index (χ0v) is 12.8. The van der Waals surface area contributed by atoms with E-state index in [-0.39, 0.29) is 0 Å². The summed E-state index contributed by atoms with van der Waals surface area (Å²) in [6, 6.07) is 10.3. The van der Waals surface area contributed by atoms with E-state index in [0.717, 1.165) is 12.8 Å². The van der Waals surface area contributed by atoms with Crippen LogP contribution in [-0.4, -0.2) is 0 Å². The summed E-state index contributed by atoms with van der Waals surface area (Å²) in [5.41, 5.74) is 4.09. The van der Waals surface area contributed by atoms with Gasteiger partial charge < -0.3 is 0 Å². The normalized spacial score (nSPS) is 22.5. The van der Waals surface area contributed by atoms with Crippen LogP contribution < -0.4 is 0 Å². The van der Waals surface area contributed by atoms with Crippen LogP contribution in [0.5, 0.6) is 0 Å². The van der Waals surface area contributed by atoms with Crippen molar-refractivity contribution in [2.75, 3.05) is 0 Å². The molecule has 0 heterocycles. The molecule has 0 fully saturated rings. The number of aryl methyl sites for hydroxylation is 1. The second kappa shape index (κ2) is 8.97. The van der Waals surface area contributed by atoms with Crippen molar-refractivity contribution >= 4 is 0 Å². The summed E-state index contributed by atoms with van der Waals surface area (Å²) in [5.74, 6) is 0. The van der Waals surface area contributed by atoms with Crippen LogP contribution in [0.15, 0.2) is 90.1 Å². The average Bonchev–Trinajstić information content (AvgIpc) is 2.49. The Labute approximate surface area is 128 Å². The van der Waals surface area contributed by atoms with Crippen LogP contribution in [0.3, 0.4) is 0 Å². The highest BCUT2D eigenvalue weighted by atomic mass is 14.1. The molecule has 108 valence electrons. The minimum atomic E-state index is 1.06. The lowest BCUT2D eigenvalue weighted by Crippen LogP contribution is -1.89. The Morgan fingerprint density at radius 1 is 0.667 bits per heavy atom. The molecule has 0 spiro atoms. The molecule has 1 aromatic carbocycles. The lowest BCUT2D eigenvalue weighted by molar-refractivity contribution is 1.02. The zero-order valence-electron chi connectivity index (χ0n) is 12.8. The SMILES string of the molecule is C1=CC(C2=C/C/C=C\C/C=C\2)=CCC1.Cc1ccccc1. The van der Waals surface area contributed by atoms with Crippen LogP contribution in [0.1, 0.15) is 31.2 Å². The van der Waals surface area contributed by atoms with Gasteiger partial charge in [-0.05, 0) is 43.8 Å². The number of rotatable bonds is 1. The lowest BCUT2D eigenvalue weighted by Gasteiger charge is -2.08. The Balaban J connectivity index is 0.000000194. The third-order valence-electron chi connectivity index (χ3n) is 3.48. The van der Waals surface area contributed by atoms with Crippen molar-refractivity contribution in [1.29, 1.82) is 0 Å². The molecule has 0 unspecified atom stereocenters. The van der Waals surface area contributed by atoms with Crippen LogP contribution in [0.2, 0.25) is 0 Å². The first-order valence-electron chi connectivity index (χ1n) is 7.76. The lowest BCUT2D eigenvalue weighted by atomic mass is 9.97. The fraction of sp³-hybridized carbons (Fsp3) is 0.238. The molecule has 0 heteroatoms. The summed E-state index contributed by atoms with van der Waals surface area (Å²) >= 11 is 0. The predicted molar refractivity (Wildman–Crippen MR) is 93.2 cm³/mol. The number of hydrogen-bond acceptors (Lipinski definition) is 0. The Kier molecular flexibility index (Phi) is 6.54. The second-order valence-electron chi connectivity index (χ2n) is 5.30. The van der Waals surface area contributed by atoms with Gasteiger partial charge >= 0.3 is 0 Å². The highest BCUT2D eigenvalue weighted by Crippen LogP contribution is 2.20. The molecule has 0 radical (unpaired) electrons. The van der Waals surface area contributed by atoms with E-state index < -0.39 is 0 Å². The van der Waals surface area contributed by atoms with E-state index in [4.69, 9.17) is 0 Å². The monoisotopic (exact) mass is 276 g/mol. The molecular formula is C21H24. The van der Waals surface area contributed by atoms with Crippen LogP contribution in [-0.2, 0) is 0 Å². The van der Waals surface area contributed by atoms with E-state index in [0.29, 0.717) is 0 Å². The molecule has 0 amide bonds. The van der Waals surface area contributed by atoms with Gasteiger partial charge in [-0.1, -0.05) is 84.5 Å². The Hall–Kier alpha value is -2.08. The minimum absolute atomic E-state index is 1.06. The first-order chi connectivity index (χ1) is 10.4. The number of hydrogen-bond donors (Lipinski definition) is 0. The standard InChI is InChI=1S/C14H16.C7H8/c1-2-5-9-13(10-6-3-1)14-11-7-4-8-12-14;1-7-5-3-2-4-6-7/h1-2,6-7,9-12H,3-5,8H2;2-6H,1H3/b2-1-,10-6-,13-9+;. The van der Waals surface area contributed by atoms with Crippen molar-refractivity contribution in [3.8, 4) is 0 Å². The maximum Gasteiger partial charge on any atom is -0.0160 e. The van der Waals surface area contributed by atoms with E-state index >= 15 is 0 Å². The molecule has 0 aromatic heterocycles. The maximum absolute atomic E-state index is 2.33. The van der Waals surface area contributed by atoms with E-state index in [1.54, 1.807) is 0 Å². The Morgan fingerprint density at radius 3 is 2.05 bits per heavy atom. The summed E-state index contributed by atoms with van der Waals surface area (Å²) < 4.78 is 0. The van der Waals surface area contributed by atoms with Gasteiger partial charge in [0.05, 0.1) is 0 Å². The average molecular weight is 276 g/mol. The van der Waals surface area contributed by atoms with Gasteiger partial charge in [0, 0.05) is 0 Å². The van der Waals surface area contributed by atoms with Crippen LogP contribution in [0, 0.1) is 6.92 Å². The van der Waals surface area contributed by atoms with Crippen molar-refractivity contribution in [2.45, 2.75) is 32.6 Å². The van der Waals surface area contributed by atoms with Gasteiger partial charge in [0.25, 0.3) is 0 Å². The molecular weight excluding hydrogens is 252 g/mol. The smallest absolute Gasteiger partial charge is 0.0160 e. The molecule has 21 heavy (non-hydrogen) atoms. The number of benzene rings is 1. The summed E-state index contributed by atoms with van der Waals surface area (Å²) in [5, 5.41) is 0. The van der Waals surface area contributed by atoms with Crippen molar-refractivity contribution in [2.24, 2.45) is 0 Å². The third kappa shape index (κ3) is 5.83. The zero-order chi connectivity index (χ0) is 14.8. The summed E-state index contributed by atoms with van der Waals surface area (Å²) in [4.78, 5) is 0. The van der Waals surface area contributed by atoms with Crippen molar-refractivity contribution in [3.05, 3.63) is 95.6 Å². The molecule has 0 bridgehead atoms. The maximum atomic E-state index is 2.33. The highest BCUT2D eigenvalue weighted by Gasteiger charge is 2.01. The number of allylic oxidation sites excluding steroid dienone is 10. The van der Waals surface area contributed by atoms with Crippen molar-refractivity contribution in [1.82, 2.24) is 0 Å². The first-order valence-corrected chi connectivity index (χ1v) is 7.76. The van der Waals surface area contributed by atoms with Crippen LogP contribution >= 0.6 is 0 Å². The van der Waals surface area contributed by atoms with E-state index in [2.05, 4.69) is 67.7 Å². The summed E-state index contributed by atoms with van der Waals surface area (Å²) in [7, 11) is 0. The van der Waals surface area contributed by atoms with Gasteiger partial charge in [0.2, 0.25) is 0 Å². The van der Waals surface area contributed by atoms with Crippen molar-refractivity contribution in [3.63, 3.8) is 0 Å². The molecule has 3 rings (SSSR count). The Morgan fingerprint density at radius 2 is 1.38 bits per heavy atom. The molecule has 0 N–H and O–H groups in total. The first kappa shape index (κ1) is 15.3. The fourth-order valence-electron chi connectivity index (χ4n) is 2.31. The van der Waals surface area contributed by atoms with E-state index in [1.807, 2.05) is 18.2 Å². The minimum Gasteiger partial charge on any atom is -0.0844 e. The molecule has 1 aromatic rings. The summed E-state index contributed by atoms with van der Waals surface area (Å²) in [6.07, 6.45) is 22.6. The molecule has 2 aliphatic carbocycles. The quantitative estimate of drug-likeness (QED) is 0.544. The molecule has 0 aliphatic heterocycles. The topological polar surface area (TPSA) is 0 Å². The molecule has 0 saturated heterocycles. The van der Waals surface area contributed by atoms with Gasteiger partial charge in [-0.2, -0.15) is 0 Å². The highest BCUT2D eigenvalue weighted by molar-refractivity contribution is 5.48. The van der Waals surface area contributed by atoms with Gasteiger partial charge in [-0.25, -0.2) is 0 Å². The van der Waals surface area contributed by atoms with E-state index in [9.17, 15) is 0 Å². The molecule has 0 nitrogen and oxygen atoms in total. The Bertz CT molecular complexity index is 565. The second-order valence-corrected chi connectivity index (χ2v) is 5.30. The van der Waals surface area contributed by atoms with Crippen LogP contribution in [0.4, 0.5) is 0 Å². The molecule has 0 atom stereocenters. The molecule has 2 aliphatic rings. The van der Waals surface area contributed by atoms with Crippen molar-refractivity contribution < 1.29 is 0 Å². The summed E-state index contributed by atoms with van der Waals surface area (Å²) in [6.45, 7) is 2.08. The van der Waals surface area contributed by atoms with E-state index in [1.165, 1.54) is 29.6 Å². The predicted octanol–water partition coefficient (Wildman–Crippen LogP) is 6.09. The van der Waals surface area contributed by atoms with Gasteiger partial charge in [0.15, 0.2) is 0 Å². The van der Waals surface area contributed by atoms with Gasteiger partial charge in [0.1, 0.15) is 0 Å². The molecule has 0 saturated carbocycles. The van der Waals surface area contributed by atoms with Crippen LogP contribution in [0.25, 0.3) is 0 Å². The fourth-order valence-corrected chi connectivity index (χ4v) is 2.31.